The van der Waals surface area contributed by atoms with Crippen LogP contribution in [0.25, 0.3) is 0 Å². The number of benzene rings is 1. The second-order valence-electron chi connectivity index (χ2n) is 3.79. The van der Waals surface area contributed by atoms with Crippen molar-refractivity contribution < 1.29 is 19.8 Å². The van der Waals surface area contributed by atoms with E-state index in [9.17, 15) is 14.7 Å². The molecule has 5 heteroatoms. The standard InChI is InChI=1S/C12H15NO4/c1-8(14)11(12(16)17)13-10(15)7-9-5-3-2-4-6-9/h2-6,8,11,14H,7H2,1H3,(H,13,15)(H,16,17)/t8?,11-/m0/s1. The van der Waals surface area contributed by atoms with E-state index in [1.54, 1.807) is 24.3 Å². The quantitative estimate of drug-likeness (QED) is 0.681. The molecule has 0 aliphatic heterocycles. The van der Waals surface area contributed by atoms with Crippen molar-refractivity contribution in [1.29, 1.82) is 0 Å². The molecule has 0 saturated heterocycles. The fourth-order valence-electron chi connectivity index (χ4n) is 1.39. The third-order valence-electron chi connectivity index (χ3n) is 2.27. The molecule has 0 fully saturated rings. The van der Waals surface area contributed by atoms with Crippen LogP contribution in [-0.2, 0) is 16.0 Å². The smallest absolute Gasteiger partial charge is 0.328 e. The van der Waals surface area contributed by atoms with Gasteiger partial charge in [-0.15, -0.1) is 0 Å². The maximum Gasteiger partial charge on any atom is 0.328 e. The summed E-state index contributed by atoms with van der Waals surface area (Å²) in [7, 11) is 0. The summed E-state index contributed by atoms with van der Waals surface area (Å²) in [5.41, 5.74) is 0.791. The molecule has 1 aromatic carbocycles. The second kappa shape index (κ2) is 6.00. The number of aliphatic hydroxyl groups is 1. The predicted molar refractivity (Wildman–Crippen MR) is 61.4 cm³/mol. The zero-order chi connectivity index (χ0) is 12.8. The average molecular weight is 237 g/mol. The van der Waals surface area contributed by atoms with Gasteiger partial charge in [0.25, 0.3) is 0 Å². The van der Waals surface area contributed by atoms with Crippen LogP contribution in [0.2, 0.25) is 0 Å². The first-order valence-electron chi connectivity index (χ1n) is 5.25. The fraction of sp³-hybridized carbons (Fsp3) is 0.333. The Kier molecular flexibility index (Phi) is 4.66. The van der Waals surface area contributed by atoms with E-state index in [0.29, 0.717) is 0 Å². The molecular weight excluding hydrogens is 222 g/mol. The molecule has 2 atom stereocenters. The second-order valence-corrected chi connectivity index (χ2v) is 3.79. The van der Waals surface area contributed by atoms with Crippen LogP contribution in [0.3, 0.4) is 0 Å². The van der Waals surface area contributed by atoms with E-state index in [1.807, 2.05) is 6.07 Å². The van der Waals surface area contributed by atoms with E-state index in [2.05, 4.69) is 5.32 Å². The summed E-state index contributed by atoms with van der Waals surface area (Å²) in [4.78, 5) is 22.3. The summed E-state index contributed by atoms with van der Waals surface area (Å²) in [5.74, 6) is -1.68. The van der Waals surface area contributed by atoms with Gasteiger partial charge in [-0.3, -0.25) is 4.79 Å². The van der Waals surface area contributed by atoms with Crippen LogP contribution < -0.4 is 5.32 Å². The largest absolute Gasteiger partial charge is 0.480 e. The minimum atomic E-state index is -1.27. The van der Waals surface area contributed by atoms with Gasteiger partial charge in [0.2, 0.25) is 5.91 Å². The number of carboxylic acids is 1. The normalized spacial score (nSPS) is 13.8. The van der Waals surface area contributed by atoms with Crippen molar-refractivity contribution in [3.05, 3.63) is 35.9 Å². The number of aliphatic carboxylic acids is 1. The van der Waals surface area contributed by atoms with Crippen LogP contribution in [0.15, 0.2) is 30.3 Å². The average Bonchev–Trinajstić information content (AvgIpc) is 2.26. The lowest BCUT2D eigenvalue weighted by Crippen LogP contribution is -2.48. The molecule has 5 nitrogen and oxygen atoms in total. The van der Waals surface area contributed by atoms with Crippen molar-refractivity contribution in [2.75, 3.05) is 0 Å². The number of rotatable bonds is 5. The first-order chi connectivity index (χ1) is 8.00. The highest BCUT2D eigenvalue weighted by Crippen LogP contribution is 2.00. The number of hydrogen-bond donors (Lipinski definition) is 3. The minimum Gasteiger partial charge on any atom is -0.480 e. The lowest BCUT2D eigenvalue weighted by molar-refractivity contribution is -0.144. The molecule has 0 aliphatic carbocycles. The summed E-state index contributed by atoms with van der Waals surface area (Å²) >= 11 is 0. The Hall–Kier alpha value is -1.88. The predicted octanol–water partition coefficient (Wildman–Crippen LogP) is 0.179. The van der Waals surface area contributed by atoms with Gasteiger partial charge in [-0.2, -0.15) is 0 Å². The Morgan fingerprint density at radius 1 is 1.29 bits per heavy atom. The SMILES string of the molecule is CC(O)[C@H](NC(=O)Cc1ccccc1)C(=O)O. The number of aliphatic hydroxyl groups excluding tert-OH is 1. The van der Waals surface area contributed by atoms with Crippen molar-refractivity contribution in [2.24, 2.45) is 0 Å². The summed E-state index contributed by atoms with van der Waals surface area (Å²) in [6.07, 6.45) is -1.04. The summed E-state index contributed by atoms with van der Waals surface area (Å²) in [6, 6.07) is 7.70. The highest BCUT2D eigenvalue weighted by Gasteiger charge is 2.24. The van der Waals surface area contributed by atoms with Crippen LogP contribution in [-0.4, -0.2) is 34.2 Å². The highest BCUT2D eigenvalue weighted by atomic mass is 16.4. The van der Waals surface area contributed by atoms with Crippen molar-refractivity contribution >= 4 is 11.9 Å². The molecule has 1 aromatic rings. The molecular formula is C12H15NO4. The van der Waals surface area contributed by atoms with Gasteiger partial charge in [0, 0.05) is 0 Å². The van der Waals surface area contributed by atoms with Gasteiger partial charge >= 0.3 is 5.97 Å². The highest BCUT2D eigenvalue weighted by molar-refractivity contribution is 5.85. The molecule has 0 radical (unpaired) electrons. The summed E-state index contributed by atoms with van der Waals surface area (Å²) in [5, 5.41) is 20.3. The van der Waals surface area contributed by atoms with Gasteiger partial charge in [0.05, 0.1) is 12.5 Å². The maximum absolute atomic E-state index is 11.5. The number of amides is 1. The number of nitrogens with one attached hydrogen (secondary N) is 1. The molecule has 17 heavy (non-hydrogen) atoms. The molecule has 0 spiro atoms. The topological polar surface area (TPSA) is 86.6 Å². The van der Waals surface area contributed by atoms with E-state index in [0.717, 1.165) is 5.56 Å². The molecule has 1 unspecified atom stereocenters. The Balaban J connectivity index is 2.57. The molecule has 0 aliphatic rings. The van der Waals surface area contributed by atoms with Crippen LogP contribution in [0, 0.1) is 0 Å². The molecule has 92 valence electrons. The number of carbonyl (C=O) groups is 2. The first-order valence-corrected chi connectivity index (χ1v) is 5.25. The lowest BCUT2D eigenvalue weighted by Gasteiger charge is -2.16. The zero-order valence-electron chi connectivity index (χ0n) is 9.46. The Morgan fingerprint density at radius 2 is 1.88 bits per heavy atom. The Bertz CT molecular complexity index is 389. The molecule has 0 aromatic heterocycles. The van der Waals surface area contributed by atoms with Gasteiger partial charge in [-0.1, -0.05) is 30.3 Å². The third-order valence-corrected chi connectivity index (χ3v) is 2.27. The van der Waals surface area contributed by atoms with E-state index < -0.39 is 24.0 Å². The molecule has 1 amide bonds. The number of carboxylic acid groups (broad SMARTS) is 1. The number of carbonyl (C=O) groups excluding carboxylic acids is 1. The Morgan fingerprint density at radius 3 is 2.35 bits per heavy atom. The van der Waals surface area contributed by atoms with Gasteiger partial charge in [-0.25, -0.2) is 4.79 Å². The van der Waals surface area contributed by atoms with Gasteiger partial charge < -0.3 is 15.5 Å². The van der Waals surface area contributed by atoms with Gasteiger partial charge in [0.15, 0.2) is 6.04 Å². The molecule has 0 bridgehead atoms. The van der Waals surface area contributed by atoms with E-state index >= 15 is 0 Å². The molecule has 3 N–H and O–H groups in total. The van der Waals surface area contributed by atoms with E-state index in [-0.39, 0.29) is 6.42 Å². The first kappa shape index (κ1) is 13.2. The third kappa shape index (κ3) is 4.24. The molecule has 1 rings (SSSR count). The number of hydrogen-bond acceptors (Lipinski definition) is 3. The van der Waals surface area contributed by atoms with Crippen molar-refractivity contribution in [3.8, 4) is 0 Å². The van der Waals surface area contributed by atoms with Crippen molar-refractivity contribution in [1.82, 2.24) is 5.32 Å². The minimum absolute atomic E-state index is 0.0946. The van der Waals surface area contributed by atoms with Gasteiger partial charge in [0.1, 0.15) is 0 Å². The summed E-state index contributed by atoms with van der Waals surface area (Å²) in [6.45, 7) is 1.32. The molecule has 0 heterocycles. The summed E-state index contributed by atoms with van der Waals surface area (Å²) < 4.78 is 0. The van der Waals surface area contributed by atoms with Crippen LogP contribution in [0.1, 0.15) is 12.5 Å². The lowest BCUT2D eigenvalue weighted by atomic mass is 10.1. The maximum atomic E-state index is 11.5. The van der Waals surface area contributed by atoms with Crippen LogP contribution >= 0.6 is 0 Å². The fourth-order valence-corrected chi connectivity index (χ4v) is 1.39. The zero-order valence-corrected chi connectivity index (χ0v) is 9.46. The van der Waals surface area contributed by atoms with E-state index in [4.69, 9.17) is 5.11 Å². The molecule has 0 saturated carbocycles. The van der Waals surface area contributed by atoms with Crippen molar-refractivity contribution in [3.63, 3.8) is 0 Å². The van der Waals surface area contributed by atoms with E-state index in [1.165, 1.54) is 6.92 Å². The Labute approximate surface area is 99.1 Å². The monoisotopic (exact) mass is 237 g/mol. The van der Waals surface area contributed by atoms with Gasteiger partial charge in [-0.05, 0) is 12.5 Å². The van der Waals surface area contributed by atoms with Crippen molar-refractivity contribution in [2.45, 2.75) is 25.5 Å². The van der Waals surface area contributed by atoms with Crippen LogP contribution in [0.4, 0.5) is 0 Å². The van der Waals surface area contributed by atoms with Crippen LogP contribution in [0.5, 0.6) is 0 Å².